The number of hydrogen-bond donors (Lipinski definition) is 3. The van der Waals surface area contributed by atoms with Crippen molar-refractivity contribution >= 4 is 28.6 Å². The Kier molecular flexibility index (Phi) is 5.21. The molecular weight excluding hydrogens is 394 g/mol. The molecule has 2 aliphatic rings. The molecule has 0 radical (unpaired) electrons. The Morgan fingerprint density at radius 1 is 1.20 bits per heavy atom. The van der Waals surface area contributed by atoms with E-state index in [-0.39, 0.29) is 5.50 Å². The molecule has 1 aromatic carbocycles. The Balaban J connectivity index is 1.30. The topological polar surface area (TPSA) is 75.0 Å². The number of benzene rings is 1. The van der Waals surface area contributed by atoms with Crippen LogP contribution < -0.4 is 10.6 Å². The minimum Gasteiger partial charge on any atom is -0.386 e. The van der Waals surface area contributed by atoms with Crippen LogP contribution in [0.3, 0.4) is 0 Å². The van der Waals surface area contributed by atoms with E-state index in [9.17, 15) is 5.11 Å². The van der Waals surface area contributed by atoms with Crippen molar-refractivity contribution in [3.05, 3.63) is 47.9 Å². The van der Waals surface area contributed by atoms with Crippen LogP contribution in [0.5, 0.6) is 0 Å². The number of nitrogens with zero attached hydrogens (tertiary/aromatic N) is 3. The molecule has 1 fully saturated rings. The third kappa shape index (κ3) is 4.06. The molecule has 0 saturated heterocycles. The molecule has 158 valence electrons. The second-order valence-electron chi connectivity index (χ2n) is 8.97. The summed E-state index contributed by atoms with van der Waals surface area (Å²) in [6.45, 7) is 4.25. The van der Waals surface area contributed by atoms with Gasteiger partial charge in [-0.1, -0.05) is 37.1 Å². The van der Waals surface area contributed by atoms with Crippen LogP contribution >= 0.6 is 11.8 Å². The lowest BCUT2D eigenvalue weighted by molar-refractivity contribution is 0.0784. The number of aromatic nitrogens is 3. The standard InChI is InChI=1S/C23H29N5OS/c1-23(2,29)16-11-19-21(24-12-16)28(14-25-19)13-15-8-9-18-20(10-15)30-22(27-18)26-17-6-4-3-5-7-17/h8-12,14,17,22,26-27,29H,3-7,13H2,1-2H3. The fourth-order valence-corrected chi connectivity index (χ4v) is 5.51. The molecule has 0 spiro atoms. The van der Waals surface area contributed by atoms with Crippen molar-refractivity contribution in [1.82, 2.24) is 19.9 Å². The molecule has 3 aromatic rings. The minimum absolute atomic E-state index is 0.259. The summed E-state index contributed by atoms with van der Waals surface area (Å²) >= 11 is 1.87. The number of pyridine rings is 1. The zero-order chi connectivity index (χ0) is 20.7. The highest BCUT2D eigenvalue weighted by Crippen LogP contribution is 2.38. The van der Waals surface area contributed by atoms with Gasteiger partial charge in [0.2, 0.25) is 0 Å². The number of nitrogens with one attached hydrogen (secondary N) is 2. The zero-order valence-electron chi connectivity index (χ0n) is 17.6. The van der Waals surface area contributed by atoms with E-state index in [1.54, 1.807) is 20.0 Å². The first-order chi connectivity index (χ1) is 14.5. The van der Waals surface area contributed by atoms with Gasteiger partial charge in [-0.05, 0) is 50.5 Å². The summed E-state index contributed by atoms with van der Waals surface area (Å²) in [6.07, 6.45) is 10.2. The lowest BCUT2D eigenvalue weighted by Crippen LogP contribution is -2.40. The fourth-order valence-electron chi connectivity index (χ4n) is 4.33. The number of anilines is 1. The molecule has 0 amide bonds. The highest BCUT2D eigenvalue weighted by Gasteiger charge is 2.25. The molecule has 0 bridgehead atoms. The second-order valence-corrected chi connectivity index (χ2v) is 10.1. The van der Waals surface area contributed by atoms with Crippen molar-refractivity contribution in [2.24, 2.45) is 0 Å². The number of hydrogen-bond acceptors (Lipinski definition) is 6. The SMILES string of the molecule is CC(C)(O)c1cnc2c(c1)ncn2Cc1ccc2c(c1)SC(NC1CCCCC1)N2. The maximum Gasteiger partial charge on any atom is 0.160 e. The molecule has 3 heterocycles. The van der Waals surface area contributed by atoms with Crippen molar-refractivity contribution in [2.45, 2.75) is 74.5 Å². The largest absolute Gasteiger partial charge is 0.386 e. The van der Waals surface area contributed by atoms with Crippen molar-refractivity contribution in [2.75, 3.05) is 5.32 Å². The summed E-state index contributed by atoms with van der Waals surface area (Å²) in [5, 5.41) is 17.6. The number of thioether (sulfide) groups is 1. The molecule has 30 heavy (non-hydrogen) atoms. The van der Waals surface area contributed by atoms with E-state index in [2.05, 4.69) is 43.4 Å². The van der Waals surface area contributed by atoms with E-state index in [1.807, 2.05) is 24.2 Å². The van der Waals surface area contributed by atoms with Crippen LogP contribution in [0.1, 0.15) is 57.1 Å². The maximum absolute atomic E-state index is 10.2. The van der Waals surface area contributed by atoms with Gasteiger partial charge < -0.3 is 15.0 Å². The molecule has 6 nitrogen and oxygen atoms in total. The van der Waals surface area contributed by atoms with Crippen LogP contribution in [0.15, 0.2) is 41.7 Å². The van der Waals surface area contributed by atoms with Gasteiger partial charge in [0, 0.05) is 28.4 Å². The van der Waals surface area contributed by atoms with Crippen LogP contribution in [0, 0.1) is 0 Å². The number of aliphatic hydroxyl groups is 1. The highest BCUT2D eigenvalue weighted by molar-refractivity contribution is 8.00. The van der Waals surface area contributed by atoms with Crippen molar-refractivity contribution in [1.29, 1.82) is 0 Å². The molecular formula is C23H29N5OS. The first kappa shape index (κ1) is 19.8. The summed E-state index contributed by atoms with van der Waals surface area (Å²) in [5.41, 5.74) is 4.20. The van der Waals surface area contributed by atoms with Crippen LogP contribution in [-0.2, 0) is 12.1 Å². The van der Waals surface area contributed by atoms with Crippen LogP contribution in [0.2, 0.25) is 0 Å². The van der Waals surface area contributed by atoms with E-state index in [4.69, 9.17) is 0 Å². The van der Waals surface area contributed by atoms with Gasteiger partial charge in [-0.25, -0.2) is 9.97 Å². The van der Waals surface area contributed by atoms with E-state index in [0.29, 0.717) is 6.04 Å². The van der Waals surface area contributed by atoms with Gasteiger partial charge in [0.25, 0.3) is 0 Å². The molecule has 2 aromatic heterocycles. The van der Waals surface area contributed by atoms with E-state index >= 15 is 0 Å². The average molecular weight is 424 g/mol. The van der Waals surface area contributed by atoms with Gasteiger partial charge in [0.15, 0.2) is 5.65 Å². The molecule has 3 N–H and O–H groups in total. The van der Waals surface area contributed by atoms with Crippen molar-refractivity contribution < 1.29 is 5.11 Å². The summed E-state index contributed by atoms with van der Waals surface area (Å²) in [5.74, 6) is 0. The second kappa shape index (κ2) is 7.87. The summed E-state index contributed by atoms with van der Waals surface area (Å²) in [7, 11) is 0. The Morgan fingerprint density at radius 3 is 2.83 bits per heavy atom. The zero-order valence-corrected chi connectivity index (χ0v) is 18.4. The molecule has 1 aliphatic heterocycles. The third-order valence-corrected chi connectivity index (χ3v) is 7.17. The first-order valence-corrected chi connectivity index (χ1v) is 11.7. The van der Waals surface area contributed by atoms with E-state index < -0.39 is 5.60 Å². The number of imidazole rings is 1. The Labute approximate surface area is 181 Å². The van der Waals surface area contributed by atoms with E-state index in [1.165, 1.54) is 48.3 Å². The molecule has 7 heteroatoms. The predicted octanol–water partition coefficient (Wildman–Crippen LogP) is 4.43. The minimum atomic E-state index is -0.919. The van der Waals surface area contributed by atoms with Crippen LogP contribution in [-0.4, -0.2) is 31.2 Å². The lowest BCUT2D eigenvalue weighted by Gasteiger charge is -2.26. The summed E-state index contributed by atoms with van der Waals surface area (Å²) in [4.78, 5) is 10.4. The van der Waals surface area contributed by atoms with Gasteiger partial charge in [-0.2, -0.15) is 0 Å². The van der Waals surface area contributed by atoms with E-state index in [0.717, 1.165) is 23.3 Å². The predicted molar refractivity (Wildman–Crippen MR) is 122 cm³/mol. The maximum atomic E-state index is 10.2. The monoisotopic (exact) mass is 423 g/mol. The quantitative estimate of drug-likeness (QED) is 0.564. The smallest absolute Gasteiger partial charge is 0.160 e. The number of rotatable bonds is 5. The van der Waals surface area contributed by atoms with Gasteiger partial charge in [-0.3, -0.25) is 5.32 Å². The van der Waals surface area contributed by atoms with Crippen LogP contribution in [0.4, 0.5) is 5.69 Å². The Bertz CT molecular complexity index is 1050. The number of fused-ring (bicyclic) bond motifs is 2. The highest BCUT2D eigenvalue weighted by atomic mass is 32.2. The van der Waals surface area contributed by atoms with Gasteiger partial charge in [-0.15, -0.1) is 0 Å². The first-order valence-electron chi connectivity index (χ1n) is 10.8. The van der Waals surface area contributed by atoms with Gasteiger partial charge in [0.05, 0.1) is 18.5 Å². The summed E-state index contributed by atoms with van der Waals surface area (Å²) in [6, 6.07) is 9.18. The van der Waals surface area contributed by atoms with Crippen LogP contribution in [0.25, 0.3) is 11.2 Å². The third-order valence-electron chi connectivity index (χ3n) is 6.08. The van der Waals surface area contributed by atoms with Gasteiger partial charge >= 0.3 is 0 Å². The lowest BCUT2D eigenvalue weighted by atomic mass is 9.96. The molecule has 1 atom stereocenters. The average Bonchev–Trinajstić information content (AvgIpc) is 3.31. The molecule has 5 rings (SSSR count). The normalized spacial score (nSPS) is 19.8. The Hall–Kier alpha value is -2.09. The molecule has 1 saturated carbocycles. The van der Waals surface area contributed by atoms with Crippen molar-refractivity contribution in [3.8, 4) is 0 Å². The molecule has 1 aliphatic carbocycles. The van der Waals surface area contributed by atoms with Crippen molar-refractivity contribution in [3.63, 3.8) is 0 Å². The fraction of sp³-hybridized carbons (Fsp3) is 0.478. The molecule has 1 unspecified atom stereocenters. The Morgan fingerprint density at radius 2 is 2.03 bits per heavy atom. The van der Waals surface area contributed by atoms with Gasteiger partial charge in [0.1, 0.15) is 11.0 Å². The summed E-state index contributed by atoms with van der Waals surface area (Å²) < 4.78 is 2.07.